The molecule has 0 aliphatic carbocycles. The Morgan fingerprint density at radius 3 is 2.67 bits per heavy atom. The first-order valence-electron chi connectivity index (χ1n) is 5.49. The van der Waals surface area contributed by atoms with Crippen LogP contribution in [0.3, 0.4) is 0 Å². The summed E-state index contributed by atoms with van der Waals surface area (Å²) in [5.41, 5.74) is 1.01. The van der Waals surface area contributed by atoms with Gasteiger partial charge in [-0.25, -0.2) is 4.98 Å². The molecule has 4 nitrogen and oxygen atoms in total. The molecule has 0 saturated heterocycles. The van der Waals surface area contributed by atoms with Crippen LogP contribution in [0.1, 0.15) is 36.5 Å². The van der Waals surface area contributed by atoms with E-state index in [1.165, 1.54) is 0 Å². The Labute approximate surface area is 125 Å². The molecule has 1 rings (SSSR count). The fourth-order valence-electron chi connectivity index (χ4n) is 1.37. The molecule has 0 radical (unpaired) electrons. The molecule has 0 aromatic carbocycles. The van der Waals surface area contributed by atoms with Crippen molar-refractivity contribution in [2.24, 2.45) is 0 Å². The molecule has 106 valence electrons. The SMILES string of the molecule is CNCCCC(=O)NC(C)c1nc(C)cs1.Cl.Cl. The van der Waals surface area contributed by atoms with E-state index in [-0.39, 0.29) is 36.8 Å². The van der Waals surface area contributed by atoms with E-state index in [1.807, 2.05) is 26.3 Å². The molecule has 0 fully saturated rings. The van der Waals surface area contributed by atoms with Gasteiger partial charge in [0.1, 0.15) is 5.01 Å². The summed E-state index contributed by atoms with van der Waals surface area (Å²) in [5.74, 6) is 0.0932. The van der Waals surface area contributed by atoms with Gasteiger partial charge in [-0.1, -0.05) is 0 Å². The number of hydrogen-bond donors (Lipinski definition) is 2. The van der Waals surface area contributed by atoms with Gasteiger partial charge in [0.05, 0.1) is 6.04 Å². The lowest BCUT2D eigenvalue weighted by atomic mass is 10.2. The summed E-state index contributed by atoms with van der Waals surface area (Å²) in [6, 6.07) is 0.0146. The van der Waals surface area contributed by atoms with Gasteiger partial charge in [0.15, 0.2) is 0 Å². The molecular weight excluding hydrogens is 293 g/mol. The zero-order chi connectivity index (χ0) is 12.0. The molecule has 1 heterocycles. The number of aromatic nitrogens is 1. The van der Waals surface area contributed by atoms with Gasteiger partial charge < -0.3 is 10.6 Å². The van der Waals surface area contributed by atoms with E-state index in [0.29, 0.717) is 6.42 Å². The summed E-state index contributed by atoms with van der Waals surface area (Å²) < 4.78 is 0. The summed E-state index contributed by atoms with van der Waals surface area (Å²) >= 11 is 1.59. The summed E-state index contributed by atoms with van der Waals surface area (Å²) in [7, 11) is 1.89. The molecule has 1 aromatic heterocycles. The van der Waals surface area contributed by atoms with Crippen LogP contribution in [0, 0.1) is 6.92 Å². The van der Waals surface area contributed by atoms with Gasteiger partial charge in [-0.3, -0.25) is 4.79 Å². The number of aryl methyl sites for hydroxylation is 1. The Kier molecular flexibility index (Phi) is 11.7. The van der Waals surface area contributed by atoms with Crippen molar-refractivity contribution in [2.75, 3.05) is 13.6 Å². The molecule has 0 saturated carbocycles. The molecule has 1 unspecified atom stereocenters. The number of rotatable bonds is 6. The number of carbonyl (C=O) groups excluding carboxylic acids is 1. The number of nitrogens with one attached hydrogen (secondary N) is 2. The second-order valence-electron chi connectivity index (χ2n) is 3.82. The van der Waals surface area contributed by atoms with Crippen molar-refractivity contribution in [3.05, 3.63) is 16.1 Å². The normalized spacial score (nSPS) is 11.1. The lowest BCUT2D eigenvalue weighted by molar-refractivity contribution is -0.121. The molecular formula is C11H21Cl2N3OS. The van der Waals surface area contributed by atoms with Gasteiger partial charge in [0.2, 0.25) is 5.91 Å². The molecule has 0 bridgehead atoms. The van der Waals surface area contributed by atoms with Crippen molar-refractivity contribution >= 4 is 42.1 Å². The number of halogens is 2. The maximum atomic E-state index is 11.5. The molecule has 2 N–H and O–H groups in total. The smallest absolute Gasteiger partial charge is 0.220 e. The average Bonchev–Trinajstić information content (AvgIpc) is 2.65. The van der Waals surface area contributed by atoms with Gasteiger partial charge in [0.25, 0.3) is 0 Å². The van der Waals surface area contributed by atoms with Crippen LogP contribution < -0.4 is 10.6 Å². The maximum absolute atomic E-state index is 11.5. The second kappa shape index (κ2) is 10.6. The lowest BCUT2D eigenvalue weighted by Gasteiger charge is -2.10. The fraction of sp³-hybridized carbons (Fsp3) is 0.636. The van der Waals surface area contributed by atoms with Crippen LogP contribution in [0.4, 0.5) is 0 Å². The minimum Gasteiger partial charge on any atom is -0.347 e. The number of carbonyl (C=O) groups is 1. The molecule has 1 atom stereocenters. The number of nitrogens with zero attached hydrogens (tertiary/aromatic N) is 1. The number of amides is 1. The maximum Gasteiger partial charge on any atom is 0.220 e. The van der Waals surface area contributed by atoms with Crippen molar-refractivity contribution in [3.8, 4) is 0 Å². The highest BCUT2D eigenvalue weighted by Crippen LogP contribution is 2.17. The third kappa shape index (κ3) is 7.16. The van der Waals surface area contributed by atoms with E-state index in [4.69, 9.17) is 0 Å². The summed E-state index contributed by atoms with van der Waals surface area (Å²) in [6.07, 6.45) is 1.43. The largest absolute Gasteiger partial charge is 0.347 e. The molecule has 0 aliphatic heterocycles. The van der Waals surface area contributed by atoms with Crippen LogP contribution in [0.5, 0.6) is 0 Å². The quantitative estimate of drug-likeness (QED) is 0.793. The van der Waals surface area contributed by atoms with Crippen molar-refractivity contribution in [1.29, 1.82) is 0 Å². The zero-order valence-electron chi connectivity index (χ0n) is 10.9. The topological polar surface area (TPSA) is 54.0 Å². The molecule has 7 heteroatoms. The molecule has 0 aliphatic rings. The molecule has 1 amide bonds. The third-order valence-corrected chi connectivity index (χ3v) is 3.36. The van der Waals surface area contributed by atoms with Crippen LogP contribution in [0.15, 0.2) is 5.38 Å². The highest BCUT2D eigenvalue weighted by Gasteiger charge is 2.11. The minimum atomic E-state index is 0. The van der Waals surface area contributed by atoms with Crippen LogP contribution in [0.2, 0.25) is 0 Å². The van der Waals surface area contributed by atoms with Crippen LogP contribution in [0.25, 0.3) is 0 Å². The van der Waals surface area contributed by atoms with E-state index in [2.05, 4.69) is 15.6 Å². The number of thiazole rings is 1. The molecule has 18 heavy (non-hydrogen) atoms. The van der Waals surface area contributed by atoms with E-state index in [1.54, 1.807) is 11.3 Å². The van der Waals surface area contributed by atoms with E-state index < -0.39 is 0 Å². The zero-order valence-corrected chi connectivity index (χ0v) is 13.3. The fourth-order valence-corrected chi connectivity index (χ4v) is 2.18. The third-order valence-electron chi connectivity index (χ3n) is 2.22. The first-order chi connectivity index (χ1) is 7.63. The van der Waals surface area contributed by atoms with Gasteiger partial charge in [-0.15, -0.1) is 36.2 Å². The van der Waals surface area contributed by atoms with Gasteiger partial charge in [-0.05, 0) is 33.9 Å². The van der Waals surface area contributed by atoms with Gasteiger partial charge in [0, 0.05) is 17.5 Å². The van der Waals surface area contributed by atoms with Gasteiger partial charge >= 0.3 is 0 Å². The Morgan fingerprint density at radius 2 is 2.17 bits per heavy atom. The summed E-state index contributed by atoms with van der Waals surface area (Å²) in [5, 5.41) is 8.94. The highest BCUT2D eigenvalue weighted by atomic mass is 35.5. The Hall–Kier alpha value is -0.360. The van der Waals surface area contributed by atoms with Crippen molar-refractivity contribution in [1.82, 2.24) is 15.6 Å². The monoisotopic (exact) mass is 313 g/mol. The Bertz CT molecular complexity index is 347. The van der Waals surface area contributed by atoms with E-state index >= 15 is 0 Å². The first kappa shape index (κ1) is 20.0. The van der Waals surface area contributed by atoms with Crippen molar-refractivity contribution < 1.29 is 4.79 Å². The number of hydrogen-bond acceptors (Lipinski definition) is 4. The van der Waals surface area contributed by atoms with E-state index in [9.17, 15) is 4.79 Å². The van der Waals surface area contributed by atoms with Crippen molar-refractivity contribution in [3.63, 3.8) is 0 Å². The Balaban J connectivity index is 0. The predicted molar refractivity (Wildman–Crippen MR) is 81.1 cm³/mol. The summed E-state index contributed by atoms with van der Waals surface area (Å²) in [6.45, 7) is 4.80. The van der Waals surface area contributed by atoms with Crippen molar-refractivity contribution in [2.45, 2.75) is 32.7 Å². The second-order valence-corrected chi connectivity index (χ2v) is 4.71. The lowest BCUT2D eigenvalue weighted by Crippen LogP contribution is -2.27. The highest BCUT2D eigenvalue weighted by molar-refractivity contribution is 7.09. The molecule has 0 spiro atoms. The van der Waals surface area contributed by atoms with Crippen LogP contribution in [-0.2, 0) is 4.79 Å². The predicted octanol–water partition coefficient (Wildman–Crippen LogP) is 2.47. The van der Waals surface area contributed by atoms with Gasteiger partial charge in [-0.2, -0.15) is 0 Å². The average molecular weight is 314 g/mol. The summed E-state index contributed by atoms with van der Waals surface area (Å²) in [4.78, 5) is 15.9. The standard InChI is InChI=1S/C11H19N3OS.2ClH/c1-8-7-16-11(13-8)9(2)14-10(15)5-4-6-12-3;;/h7,9,12H,4-6H2,1-3H3,(H,14,15);2*1H. The van der Waals surface area contributed by atoms with Crippen LogP contribution >= 0.6 is 36.2 Å². The van der Waals surface area contributed by atoms with E-state index in [0.717, 1.165) is 23.7 Å². The first-order valence-corrected chi connectivity index (χ1v) is 6.37. The Morgan fingerprint density at radius 1 is 1.50 bits per heavy atom. The van der Waals surface area contributed by atoms with Crippen LogP contribution in [-0.4, -0.2) is 24.5 Å². The minimum absolute atomic E-state index is 0. The molecule has 1 aromatic rings.